The number of aromatic nitrogens is 5. The highest BCUT2D eigenvalue weighted by molar-refractivity contribution is 7.99. The van der Waals surface area contributed by atoms with Gasteiger partial charge in [0.2, 0.25) is 17.8 Å². The highest BCUT2D eigenvalue weighted by Crippen LogP contribution is 2.28. The third kappa shape index (κ3) is 4.80. The van der Waals surface area contributed by atoms with Gasteiger partial charge in [0.25, 0.3) is 5.78 Å². The lowest BCUT2D eigenvalue weighted by molar-refractivity contribution is -0.113. The first-order chi connectivity index (χ1) is 15.7. The molecule has 2 aromatic carbocycles. The summed E-state index contributed by atoms with van der Waals surface area (Å²) in [7, 11) is 0. The van der Waals surface area contributed by atoms with E-state index in [0.29, 0.717) is 35.9 Å². The van der Waals surface area contributed by atoms with Crippen LogP contribution in [0.15, 0.2) is 59.8 Å². The van der Waals surface area contributed by atoms with Crippen LogP contribution in [0.4, 0.5) is 17.6 Å². The highest BCUT2D eigenvalue weighted by atomic mass is 32.2. The van der Waals surface area contributed by atoms with Crippen molar-refractivity contribution in [2.75, 3.05) is 34.8 Å². The van der Waals surface area contributed by atoms with Gasteiger partial charge in [-0.2, -0.15) is 9.97 Å². The Morgan fingerprint density at radius 2 is 1.69 bits per heavy atom. The first kappa shape index (κ1) is 21.6. The second-order valence-electron chi connectivity index (χ2n) is 6.80. The van der Waals surface area contributed by atoms with Crippen LogP contribution in [-0.2, 0) is 4.79 Å². The lowest BCUT2D eigenvalue weighted by atomic mass is 10.0. The molecule has 4 rings (SSSR count). The van der Waals surface area contributed by atoms with Crippen molar-refractivity contribution in [3.63, 3.8) is 0 Å². The van der Waals surface area contributed by atoms with Crippen LogP contribution in [0.2, 0.25) is 0 Å². The summed E-state index contributed by atoms with van der Waals surface area (Å²) in [5.74, 6) is 1.52. The van der Waals surface area contributed by atoms with Crippen LogP contribution in [0.1, 0.15) is 13.8 Å². The molecule has 0 radical (unpaired) electrons. The number of anilines is 3. The molecule has 0 aliphatic carbocycles. The molecule has 32 heavy (non-hydrogen) atoms. The Bertz CT molecular complexity index is 1210. The van der Waals surface area contributed by atoms with Crippen LogP contribution in [-0.4, -0.2) is 49.3 Å². The van der Waals surface area contributed by atoms with Crippen molar-refractivity contribution in [3.8, 4) is 11.1 Å². The smallest absolute Gasteiger partial charge is 0.261 e. The summed E-state index contributed by atoms with van der Waals surface area (Å²) in [6.07, 6.45) is 0. The van der Waals surface area contributed by atoms with Crippen molar-refractivity contribution in [2.45, 2.75) is 19.0 Å². The number of hydrogen-bond acceptors (Lipinski definition) is 8. The van der Waals surface area contributed by atoms with Gasteiger partial charge < -0.3 is 16.0 Å². The Balaban J connectivity index is 1.51. The van der Waals surface area contributed by atoms with Gasteiger partial charge in [-0.1, -0.05) is 60.3 Å². The maximum atomic E-state index is 12.7. The van der Waals surface area contributed by atoms with Crippen LogP contribution >= 0.6 is 11.8 Å². The molecule has 9 nitrogen and oxygen atoms in total. The maximum absolute atomic E-state index is 12.7. The van der Waals surface area contributed by atoms with E-state index < -0.39 is 0 Å². The van der Waals surface area contributed by atoms with Crippen molar-refractivity contribution < 1.29 is 4.79 Å². The Morgan fingerprint density at radius 3 is 2.47 bits per heavy atom. The van der Waals surface area contributed by atoms with E-state index >= 15 is 0 Å². The Morgan fingerprint density at radius 1 is 0.938 bits per heavy atom. The standard InChI is InChI=1S/C22H24N8OS/c1-3-23-19-26-20(24-4-2)30-21(27-19)28-29-22(30)32-14-18(31)25-17-13-9-8-12-16(17)15-10-6-5-7-11-15/h5-13H,3-4,14H2,1-2H3,(H,25,31)(H2,23,24,26,27,28). The third-order valence-corrected chi connectivity index (χ3v) is 5.46. The van der Waals surface area contributed by atoms with Gasteiger partial charge in [-0.05, 0) is 25.5 Å². The van der Waals surface area contributed by atoms with Crippen LogP contribution in [0.5, 0.6) is 0 Å². The summed E-state index contributed by atoms with van der Waals surface area (Å²) in [4.78, 5) is 21.6. The summed E-state index contributed by atoms with van der Waals surface area (Å²) < 4.78 is 1.72. The molecule has 0 aliphatic rings. The van der Waals surface area contributed by atoms with E-state index in [9.17, 15) is 4.79 Å². The van der Waals surface area contributed by atoms with Crippen molar-refractivity contribution in [3.05, 3.63) is 54.6 Å². The fourth-order valence-corrected chi connectivity index (χ4v) is 3.90. The third-order valence-electron chi connectivity index (χ3n) is 4.53. The van der Waals surface area contributed by atoms with Crippen molar-refractivity contribution in [1.82, 2.24) is 24.6 Å². The van der Waals surface area contributed by atoms with Crippen molar-refractivity contribution >= 4 is 41.0 Å². The van der Waals surface area contributed by atoms with E-state index in [1.807, 2.05) is 68.4 Å². The molecule has 0 saturated heterocycles. The van der Waals surface area contributed by atoms with Gasteiger partial charge in [-0.3, -0.25) is 4.79 Å². The predicted molar refractivity (Wildman–Crippen MR) is 128 cm³/mol. The fourth-order valence-electron chi connectivity index (χ4n) is 3.18. The molecule has 0 atom stereocenters. The molecule has 164 valence electrons. The molecule has 0 fully saturated rings. The molecule has 4 aromatic rings. The van der Waals surface area contributed by atoms with Crippen molar-refractivity contribution in [1.29, 1.82) is 0 Å². The minimum atomic E-state index is -0.134. The molecule has 2 heterocycles. The highest BCUT2D eigenvalue weighted by Gasteiger charge is 2.16. The zero-order valence-electron chi connectivity index (χ0n) is 17.9. The molecule has 10 heteroatoms. The number of amides is 1. The minimum absolute atomic E-state index is 0.134. The molecule has 0 unspecified atom stereocenters. The molecule has 0 bridgehead atoms. The monoisotopic (exact) mass is 448 g/mol. The number of rotatable bonds is 9. The maximum Gasteiger partial charge on any atom is 0.261 e. The van der Waals surface area contributed by atoms with E-state index in [4.69, 9.17) is 0 Å². The van der Waals surface area contributed by atoms with E-state index in [0.717, 1.165) is 16.8 Å². The average Bonchev–Trinajstić information content (AvgIpc) is 3.22. The summed E-state index contributed by atoms with van der Waals surface area (Å²) in [6.45, 7) is 5.33. The van der Waals surface area contributed by atoms with Crippen LogP contribution in [0, 0.1) is 0 Å². The first-order valence-corrected chi connectivity index (χ1v) is 11.4. The summed E-state index contributed by atoms with van der Waals surface area (Å²) >= 11 is 1.28. The summed E-state index contributed by atoms with van der Waals surface area (Å²) in [5, 5.41) is 18.2. The van der Waals surface area contributed by atoms with Crippen molar-refractivity contribution in [2.24, 2.45) is 0 Å². The SMILES string of the molecule is CCNc1nc(NCC)n2c(SCC(=O)Nc3ccccc3-c3ccccc3)nnc2n1. The van der Waals surface area contributed by atoms with Gasteiger partial charge >= 0.3 is 0 Å². The number of thioether (sulfide) groups is 1. The number of nitrogens with zero attached hydrogens (tertiary/aromatic N) is 5. The minimum Gasteiger partial charge on any atom is -0.355 e. The number of carbonyl (C=O) groups is 1. The van der Waals surface area contributed by atoms with Gasteiger partial charge in [0.05, 0.1) is 5.75 Å². The van der Waals surface area contributed by atoms with Crippen LogP contribution in [0.3, 0.4) is 0 Å². The second kappa shape index (κ2) is 10.1. The Hall–Kier alpha value is -3.66. The number of hydrogen-bond donors (Lipinski definition) is 3. The molecule has 1 amide bonds. The number of benzene rings is 2. The second-order valence-corrected chi connectivity index (χ2v) is 7.74. The number of fused-ring (bicyclic) bond motifs is 1. The normalized spacial score (nSPS) is 10.8. The number of para-hydroxylation sites is 1. The summed E-state index contributed by atoms with van der Waals surface area (Å²) in [5.41, 5.74) is 2.78. The van der Waals surface area contributed by atoms with E-state index in [2.05, 4.69) is 36.1 Å². The lowest BCUT2D eigenvalue weighted by Crippen LogP contribution is -2.15. The Kier molecular flexibility index (Phi) is 6.81. The molecule has 3 N–H and O–H groups in total. The van der Waals surface area contributed by atoms with Gasteiger partial charge in [0.1, 0.15) is 0 Å². The molecule has 0 saturated carbocycles. The van der Waals surface area contributed by atoms with Gasteiger partial charge in [-0.15, -0.1) is 10.2 Å². The number of carbonyl (C=O) groups excluding carboxylic acids is 1. The lowest BCUT2D eigenvalue weighted by Gasteiger charge is -2.11. The molecule has 0 aliphatic heterocycles. The van der Waals surface area contributed by atoms with Gasteiger partial charge in [0, 0.05) is 24.3 Å². The van der Waals surface area contributed by atoms with E-state index in [1.165, 1.54) is 11.8 Å². The largest absolute Gasteiger partial charge is 0.355 e. The fraction of sp³-hybridized carbons (Fsp3) is 0.227. The zero-order chi connectivity index (χ0) is 22.3. The quantitative estimate of drug-likeness (QED) is 0.332. The average molecular weight is 449 g/mol. The van der Waals surface area contributed by atoms with Crippen LogP contribution in [0.25, 0.3) is 16.9 Å². The topological polar surface area (TPSA) is 109 Å². The van der Waals surface area contributed by atoms with Gasteiger partial charge in [-0.25, -0.2) is 4.40 Å². The Labute approximate surface area is 190 Å². The predicted octanol–water partition coefficient (Wildman–Crippen LogP) is 3.78. The molecular weight excluding hydrogens is 424 g/mol. The molecule has 0 spiro atoms. The van der Waals surface area contributed by atoms with E-state index in [1.54, 1.807) is 4.40 Å². The first-order valence-electron chi connectivity index (χ1n) is 10.4. The zero-order valence-corrected chi connectivity index (χ0v) is 18.7. The molecule has 2 aromatic heterocycles. The van der Waals surface area contributed by atoms with E-state index in [-0.39, 0.29) is 11.7 Å². The molecular formula is C22H24N8OS. The number of nitrogens with one attached hydrogen (secondary N) is 3. The summed E-state index contributed by atoms with van der Waals surface area (Å²) in [6, 6.07) is 17.7. The van der Waals surface area contributed by atoms with Gasteiger partial charge in [0.15, 0.2) is 5.16 Å². The van der Waals surface area contributed by atoms with Crippen LogP contribution < -0.4 is 16.0 Å².